The molecule has 0 aromatic rings. The Morgan fingerprint density at radius 1 is 0.323 bits per heavy atom. The molecular formula is C30H45Cr. The molecule has 0 aliphatic rings. The molecule has 0 nitrogen and oxygen atoms in total. The molecule has 0 saturated carbocycles. The number of rotatable bonds is 21. The zero-order chi connectivity index (χ0) is 23.8. The topological polar surface area (TPSA) is 0 Å². The van der Waals surface area contributed by atoms with Crippen LogP contribution >= 0.6 is 0 Å². The van der Waals surface area contributed by atoms with E-state index in [9.17, 15) is 0 Å². The van der Waals surface area contributed by atoms with Crippen LogP contribution < -0.4 is 0 Å². The summed E-state index contributed by atoms with van der Waals surface area (Å²) in [5, 5.41) is 0. The van der Waals surface area contributed by atoms with E-state index in [0.29, 0.717) is 0 Å². The molecule has 171 valence electrons. The molecule has 0 aliphatic heterocycles. The molecule has 0 amide bonds. The Labute approximate surface area is 198 Å². The fourth-order valence-corrected chi connectivity index (χ4v) is 13.5. The first-order valence-corrected chi connectivity index (χ1v) is 13.1. The van der Waals surface area contributed by atoms with E-state index in [0.717, 1.165) is 57.8 Å². The van der Waals surface area contributed by atoms with Gasteiger partial charge in [0.05, 0.1) is 0 Å². The summed E-state index contributed by atoms with van der Waals surface area (Å²) < 4.78 is 0.0694. The summed E-state index contributed by atoms with van der Waals surface area (Å²) in [7, 11) is 0. The van der Waals surface area contributed by atoms with E-state index in [2.05, 4.69) is 114 Å². The first-order valence-electron chi connectivity index (χ1n) is 11.1. The third kappa shape index (κ3) is 7.10. The van der Waals surface area contributed by atoms with Crippen LogP contribution in [0.4, 0.5) is 0 Å². The molecule has 0 atom stereocenters. The Morgan fingerprint density at radius 2 is 0.452 bits per heavy atom. The number of allylic oxidation sites excluding steroid dienone is 9. The van der Waals surface area contributed by atoms with E-state index in [1.807, 2.05) is 0 Å². The van der Waals surface area contributed by atoms with Gasteiger partial charge in [0.1, 0.15) is 0 Å². The summed E-state index contributed by atoms with van der Waals surface area (Å²) in [6, 6.07) is 0. The van der Waals surface area contributed by atoms with Crippen LogP contribution in [0.5, 0.6) is 0 Å². The number of hydrogen-bond acceptors (Lipinski definition) is 0. The molecule has 0 N–H and O–H groups in total. The second-order valence-electron chi connectivity index (χ2n) is 8.29. The molecular weight excluding hydrogens is 412 g/mol. The van der Waals surface area contributed by atoms with Gasteiger partial charge < -0.3 is 0 Å². The fourth-order valence-electron chi connectivity index (χ4n) is 5.25. The van der Waals surface area contributed by atoms with Gasteiger partial charge in [-0.3, -0.25) is 0 Å². The Bertz CT molecular complexity index is 477. The zero-order valence-corrected chi connectivity index (χ0v) is 21.1. The SMILES string of the molecule is C=CC[C](CC=C)(CC=C)[Cr]([C](CC=C)(CC=C)CC=C)[C](CC=C)(CC=C)CC=C. The van der Waals surface area contributed by atoms with Gasteiger partial charge >= 0.3 is 199 Å². The Balaban J connectivity index is 7.61. The van der Waals surface area contributed by atoms with Gasteiger partial charge in [0.25, 0.3) is 0 Å². The molecule has 0 saturated heterocycles. The van der Waals surface area contributed by atoms with E-state index in [-0.39, 0.29) is 12.8 Å². The van der Waals surface area contributed by atoms with Gasteiger partial charge in [-0.15, -0.1) is 0 Å². The van der Waals surface area contributed by atoms with Crippen LogP contribution in [-0.4, -0.2) is 0 Å². The molecule has 0 unspecified atom stereocenters. The average molecular weight is 458 g/mol. The molecule has 0 spiro atoms. The fraction of sp³-hybridized carbons (Fsp3) is 0.400. The summed E-state index contributed by atoms with van der Waals surface area (Å²) in [4.78, 5) is 0. The molecule has 0 radical (unpaired) electrons. The first kappa shape index (κ1) is 29.2. The van der Waals surface area contributed by atoms with Crippen LogP contribution in [0, 0.1) is 0 Å². The molecule has 0 fully saturated rings. The van der Waals surface area contributed by atoms with Crippen molar-refractivity contribution in [2.75, 3.05) is 0 Å². The van der Waals surface area contributed by atoms with Gasteiger partial charge in [-0.25, -0.2) is 0 Å². The van der Waals surface area contributed by atoms with Crippen molar-refractivity contribution < 1.29 is 14.1 Å². The molecule has 0 aromatic carbocycles. The minimum atomic E-state index is -1.58. The van der Waals surface area contributed by atoms with Crippen molar-refractivity contribution >= 4 is 0 Å². The van der Waals surface area contributed by atoms with Crippen molar-refractivity contribution in [1.29, 1.82) is 0 Å². The van der Waals surface area contributed by atoms with E-state index in [1.54, 1.807) is 0 Å². The molecule has 0 aliphatic carbocycles. The van der Waals surface area contributed by atoms with Crippen molar-refractivity contribution in [3.05, 3.63) is 114 Å². The third-order valence-electron chi connectivity index (χ3n) is 5.95. The van der Waals surface area contributed by atoms with Crippen LogP contribution in [0.2, 0.25) is 12.8 Å². The Hall–Kier alpha value is -1.81. The van der Waals surface area contributed by atoms with Gasteiger partial charge in [-0.1, -0.05) is 0 Å². The van der Waals surface area contributed by atoms with Gasteiger partial charge in [-0.2, -0.15) is 0 Å². The summed E-state index contributed by atoms with van der Waals surface area (Å²) in [5.74, 6) is 0. The molecule has 31 heavy (non-hydrogen) atoms. The maximum atomic E-state index is 4.16. The maximum absolute atomic E-state index is 4.16. The second kappa shape index (κ2) is 15.1. The van der Waals surface area contributed by atoms with Crippen molar-refractivity contribution in [2.45, 2.75) is 70.6 Å². The first-order chi connectivity index (χ1) is 14.9. The van der Waals surface area contributed by atoms with Gasteiger partial charge in [-0.05, 0) is 0 Å². The third-order valence-corrected chi connectivity index (χ3v) is 12.3. The molecule has 0 heterocycles. The normalized spacial score (nSPS) is 11.9. The monoisotopic (exact) mass is 457 g/mol. The summed E-state index contributed by atoms with van der Waals surface area (Å²) >= 11 is -1.58. The average Bonchev–Trinajstić information content (AvgIpc) is 2.70. The van der Waals surface area contributed by atoms with E-state index >= 15 is 0 Å². The standard InChI is InChI=1S/3C10H15.Cr/c3*1-4-7-10(8-5-2)9-6-3;/h3*4-6H,1-3,7-9H2;. The van der Waals surface area contributed by atoms with Crippen molar-refractivity contribution in [3.63, 3.8) is 0 Å². The predicted octanol–water partition coefficient (Wildman–Crippen LogP) is 10.3. The molecule has 0 bridgehead atoms. The van der Waals surface area contributed by atoms with Gasteiger partial charge in [0.2, 0.25) is 0 Å². The van der Waals surface area contributed by atoms with E-state index < -0.39 is 14.1 Å². The summed E-state index contributed by atoms with van der Waals surface area (Å²) in [6.07, 6.45) is 27.1. The summed E-state index contributed by atoms with van der Waals surface area (Å²) in [5.41, 5.74) is 0. The predicted molar refractivity (Wildman–Crippen MR) is 141 cm³/mol. The van der Waals surface area contributed by atoms with Crippen LogP contribution in [0.1, 0.15) is 57.8 Å². The Morgan fingerprint density at radius 3 is 0.548 bits per heavy atom. The number of hydrogen-bond donors (Lipinski definition) is 0. The van der Waals surface area contributed by atoms with Crippen molar-refractivity contribution in [2.24, 2.45) is 0 Å². The van der Waals surface area contributed by atoms with Crippen LogP contribution in [0.15, 0.2) is 114 Å². The van der Waals surface area contributed by atoms with Crippen LogP contribution in [0.25, 0.3) is 0 Å². The summed E-state index contributed by atoms with van der Waals surface area (Å²) in [6.45, 7) is 37.5. The Kier molecular flexibility index (Phi) is 14.2. The molecule has 1 heteroatoms. The zero-order valence-electron chi connectivity index (χ0n) is 19.8. The van der Waals surface area contributed by atoms with Crippen LogP contribution in [-0.2, 0) is 14.1 Å². The van der Waals surface area contributed by atoms with Crippen molar-refractivity contribution in [3.8, 4) is 0 Å². The van der Waals surface area contributed by atoms with Gasteiger partial charge in [0.15, 0.2) is 0 Å². The van der Waals surface area contributed by atoms with Crippen molar-refractivity contribution in [1.82, 2.24) is 0 Å². The van der Waals surface area contributed by atoms with E-state index in [4.69, 9.17) is 0 Å². The second-order valence-corrected chi connectivity index (χ2v) is 13.3. The van der Waals surface area contributed by atoms with E-state index in [1.165, 1.54) is 0 Å². The minimum absolute atomic E-state index is 0.0231. The molecule has 0 aromatic heterocycles. The van der Waals surface area contributed by atoms with Crippen LogP contribution in [0.3, 0.4) is 0 Å². The van der Waals surface area contributed by atoms with Gasteiger partial charge in [0, 0.05) is 0 Å². The molecule has 0 rings (SSSR count). The quantitative estimate of drug-likeness (QED) is 0.150.